The molecule has 10 atom stereocenters. The smallest absolute Gasteiger partial charge is 0.240 e. The van der Waals surface area contributed by atoms with Crippen LogP contribution >= 0.6 is 23.4 Å². The second-order valence-electron chi connectivity index (χ2n) is 10.7. The molecule has 8 nitrogen and oxygen atoms in total. The second kappa shape index (κ2) is 12.9. The fourth-order valence-corrected chi connectivity index (χ4v) is 6.78. The first-order valence-corrected chi connectivity index (χ1v) is 15.4. The number of amides is 1. The standard InChI is InChI=1S/C30H37ClN2O6S/c1-16(31)22(28-25(35)24(34)26(36)30(39-28)40-2)33-29(37)23-27-21(15-32-23)14-20(12-13-38-27)19-10-8-18(9-11-19)17-6-4-3-5-7-17/h3-12,16,21-28,30,32,34-36H,13-15H2,1-2H3,(H,33,37). The Kier molecular flexibility index (Phi) is 9.54. The van der Waals surface area contributed by atoms with E-state index in [9.17, 15) is 20.1 Å². The predicted molar refractivity (Wildman–Crippen MR) is 157 cm³/mol. The molecule has 0 aromatic heterocycles. The minimum absolute atomic E-state index is 0.0968. The summed E-state index contributed by atoms with van der Waals surface area (Å²) in [7, 11) is 0. The van der Waals surface area contributed by atoms with Crippen molar-refractivity contribution in [3.05, 3.63) is 66.2 Å². The number of alkyl halides is 1. The Morgan fingerprint density at radius 2 is 1.70 bits per heavy atom. The van der Waals surface area contributed by atoms with Crippen LogP contribution in [0.15, 0.2) is 60.7 Å². The van der Waals surface area contributed by atoms with Crippen LogP contribution in [0.4, 0.5) is 0 Å². The van der Waals surface area contributed by atoms with Gasteiger partial charge in [0.2, 0.25) is 5.91 Å². The van der Waals surface area contributed by atoms with E-state index in [1.807, 2.05) is 18.2 Å². The highest BCUT2D eigenvalue weighted by atomic mass is 35.5. The molecule has 40 heavy (non-hydrogen) atoms. The molecule has 2 aromatic rings. The highest BCUT2D eigenvalue weighted by Crippen LogP contribution is 2.34. The van der Waals surface area contributed by atoms with Gasteiger partial charge in [0.25, 0.3) is 0 Å². The van der Waals surface area contributed by atoms with Gasteiger partial charge in [-0.25, -0.2) is 0 Å². The van der Waals surface area contributed by atoms with E-state index in [2.05, 4.69) is 53.1 Å². The molecule has 5 rings (SSSR count). The van der Waals surface area contributed by atoms with E-state index in [0.717, 1.165) is 17.5 Å². The van der Waals surface area contributed by atoms with Gasteiger partial charge >= 0.3 is 0 Å². The van der Waals surface area contributed by atoms with Gasteiger partial charge < -0.3 is 35.4 Å². The van der Waals surface area contributed by atoms with Gasteiger partial charge in [0.1, 0.15) is 35.9 Å². The van der Waals surface area contributed by atoms with Crippen LogP contribution in [-0.2, 0) is 14.3 Å². The van der Waals surface area contributed by atoms with Crippen molar-refractivity contribution in [2.24, 2.45) is 5.92 Å². The third-order valence-electron chi connectivity index (χ3n) is 8.14. The van der Waals surface area contributed by atoms with Gasteiger partial charge in [-0.2, -0.15) is 0 Å². The largest absolute Gasteiger partial charge is 0.388 e. The second-order valence-corrected chi connectivity index (χ2v) is 12.3. The number of fused-ring (bicyclic) bond motifs is 1. The minimum atomic E-state index is -1.42. The van der Waals surface area contributed by atoms with Crippen molar-refractivity contribution >= 4 is 34.8 Å². The minimum Gasteiger partial charge on any atom is -0.388 e. The van der Waals surface area contributed by atoms with Crippen LogP contribution in [0, 0.1) is 5.92 Å². The summed E-state index contributed by atoms with van der Waals surface area (Å²) < 4.78 is 12.1. The van der Waals surface area contributed by atoms with Gasteiger partial charge in [-0.1, -0.05) is 60.7 Å². The first-order valence-electron chi connectivity index (χ1n) is 13.6. The van der Waals surface area contributed by atoms with Crippen LogP contribution < -0.4 is 10.6 Å². The Labute approximate surface area is 244 Å². The molecule has 0 bridgehead atoms. The molecule has 10 heteroatoms. The number of thioether (sulfide) groups is 1. The van der Waals surface area contributed by atoms with E-state index in [0.29, 0.717) is 13.2 Å². The summed E-state index contributed by atoms with van der Waals surface area (Å²) >= 11 is 7.67. The number of aliphatic hydroxyl groups excluding tert-OH is 3. The number of ether oxygens (including phenoxy) is 2. The van der Waals surface area contributed by atoms with Gasteiger partial charge in [-0.15, -0.1) is 23.4 Å². The Morgan fingerprint density at radius 3 is 2.38 bits per heavy atom. The zero-order valence-electron chi connectivity index (χ0n) is 22.5. The fourth-order valence-electron chi connectivity index (χ4n) is 5.89. The number of rotatable bonds is 7. The highest BCUT2D eigenvalue weighted by Gasteiger charge is 2.49. The fraction of sp³-hybridized carbons (Fsp3) is 0.500. The Balaban J connectivity index is 1.25. The number of halogens is 1. The number of hydrogen-bond acceptors (Lipinski definition) is 8. The molecule has 5 N–H and O–H groups in total. The third kappa shape index (κ3) is 6.12. The molecule has 0 aliphatic carbocycles. The number of carbonyl (C=O) groups is 1. The Morgan fingerprint density at radius 1 is 1.02 bits per heavy atom. The maximum Gasteiger partial charge on any atom is 0.240 e. The summed E-state index contributed by atoms with van der Waals surface area (Å²) in [5, 5.41) is 36.9. The molecule has 0 saturated carbocycles. The lowest BCUT2D eigenvalue weighted by molar-refractivity contribution is -0.205. The summed E-state index contributed by atoms with van der Waals surface area (Å²) in [6.07, 6.45) is -0.824. The van der Waals surface area contributed by atoms with Gasteiger partial charge in [0, 0.05) is 12.5 Å². The van der Waals surface area contributed by atoms with Crippen LogP contribution in [-0.4, -0.2) is 94.1 Å². The first kappa shape index (κ1) is 29.5. The van der Waals surface area contributed by atoms with Crippen LogP contribution in [0.1, 0.15) is 18.9 Å². The van der Waals surface area contributed by atoms with Crippen molar-refractivity contribution in [2.45, 2.75) is 66.8 Å². The van der Waals surface area contributed by atoms with E-state index in [-0.39, 0.29) is 17.9 Å². The predicted octanol–water partition coefficient (Wildman–Crippen LogP) is 2.40. The quantitative estimate of drug-likeness (QED) is 0.313. The number of nitrogens with one attached hydrogen (secondary N) is 2. The summed E-state index contributed by atoms with van der Waals surface area (Å²) in [5.74, 6) is -0.211. The third-order valence-corrected chi connectivity index (χ3v) is 9.26. The van der Waals surface area contributed by atoms with Crippen LogP contribution in [0.5, 0.6) is 0 Å². The average Bonchev–Trinajstić information content (AvgIpc) is 3.25. The van der Waals surface area contributed by atoms with Gasteiger partial charge in [0.05, 0.1) is 24.1 Å². The van der Waals surface area contributed by atoms with Crippen molar-refractivity contribution in [1.29, 1.82) is 0 Å². The lowest BCUT2D eigenvalue weighted by Gasteiger charge is -2.44. The summed E-state index contributed by atoms with van der Waals surface area (Å²) in [6, 6.07) is 17.4. The Bertz CT molecular complexity index is 1180. The number of allylic oxidation sites excluding steroid dienone is 1. The number of aliphatic hydroxyl groups is 3. The van der Waals surface area contributed by atoms with Crippen molar-refractivity contribution in [2.75, 3.05) is 19.4 Å². The van der Waals surface area contributed by atoms with E-state index in [1.165, 1.54) is 22.9 Å². The molecular weight excluding hydrogens is 552 g/mol. The monoisotopic (exact) mass is 588 g/mol. The lowest BCUT2D eigenvalue weighted by atomic mass is 9.90. The normalized spacial score (nSPS) is 33.8. The summed E-state index contributed by atoms with van der Waals surface area (Å²) in [4.78, 5) is 13.5. The zero-order valence-corrected chi connectivity index (χ0v) is 24.1. The number of benzene rings is 2. The van der Waals surface area contributed by atoms with Crippen molar-refractivity contribution in [3.63, 3.8) is 0 Å². The molecule has 10 unspecified atom stereocenters. The van der Waals surface area contributed by atoms with Gasteiger partial charge in [-0.05, 0) is 41.9 Å². The van der Waals surface area contributed by atoms with Gasteiger partial charge in [-0.3, -0.25) is 4.79 Å². The maximum absolute atomic E-state index is 13.5. The van der Waals surface area contributed by atoms with Crippen molar-refractivity contribution < 1.29 is 29.6 Å². The van der Waals surface area contributed by atoms with E-state index >= 15 is 0 Å². The van der Waals surface area contributed by atoms with Crippen LogP contribution in [0.25, 0.3) is 16.7 Å². The zero-order chi connectivity index (χ0) is 28.4. The molecule has 0 spiro atoms. The molecule has 3 aliphatic heterocycles. The molecule has 2 fully saturated rings. The Hall–Kier alpha value is -1.95. The van der Waals surface area contributed by atoms with Crippen LogP contribution in [0.2, 0.25) is 0 Å². The summed E-state index contributed by atoms with van der Waals surface area (Å²) in [5.41, 5.74) is 3.90. The molecule has 1 amide bonds. The molecule has 0 radical (unpaired) electrons. The van der Waals surface area contributed by atoms with Crippen molar-refractivity contribution in [3.8, 4) is 11.1 Å². The SMILES string of the molecule is CSC1OC(C(NC(=O)C2NCC3CC(c4ccc(-c5ccccc5)cc4)=CCOC32)C(C)Cl)C(O)C(O)C1O. The average molecular weight is 589 g/mol. The van der Waals surface area contributed by atoms with E-state index in [1.54, 1.807) is 13.2 Å². The van der Waals surface area contributed by atoms with Crippen LogP contribution in [0.3, 0.4) is 0 Å². The molecule has 3 aliphatic rings. The molecule has 2 saturated heterocycles. The maximum atomic E-state index is 13.5. The van der Waals surface area contributed by atoms with E-state index < -0.39 is 47.3 Å². The highest BCUT2D eigenvalue weighted by molar-refractivity contribution is 7.99. The number of hydrogen-bond donors (Lipinski definition) is 5. The van der Waals surface area contributed by atoms with Crippen molar-refractivity contribution in [1.82, 2.24) is 10.6 Å². The molecule has 3 heterocycles. The number of carbonyl (C=O) groups excluding carboxylic acids is 1. The lowest BCUT2D eigenvalue weighted by Crippen LogP contribution is -2.65. The van der Waals surface area contributed by atoms with E-state index in [4.69, 9.17) is 21.1 Å². The topological polar surface area (TPSA) is 120 Å². The molecular formula is C30H37ClN2O6S. The molecule has 216 valence electrons. The summed E-state index contributed by atoms with van der Waals surface area (Å²) in [6.45, 7) is 2.70. The first-order chi connectivity index (χ1) is 19.3. The molecule has 2 aromatic carbocycles. The van der Waals surface area contributed by atoms with Gasteiger partial charge in [0.15, 0.2) is 0 Å².